The molecule has 4 heterocycles. The van der Waals surface area contributed by atoms with E-state index in [2.05, 4.69) is 12.1 Å². The van der Waals surface area contributed by atoms with Crippen LogP contribution in [0, 0.1) is 22.7 Å². The van der Waals surface area contributed by atoms with Crippen molar-refractivity contribution in [2.24, 2.45) is 14.1 Å². The number of aryl methyl sites for hydroxylation is 2. The molecule has 282 valence electrons. The van der Waals surface area contributed by atoms with Crippen molar-refractivity contribution in [1.29, 1.82) is 10.5 Å². The Kier molecular flexibility index (Phi) is 8.73. The molecular formula is C44H31N8O5P. The number of fused-ring (bicyclic) bond motifs is 6. The monoisotopic (exact) mass is 782 g/mol. The zero-order valence-electron chi connectivity index (χ0n) is 31.5. The van der Waals surface area contributed by atoms with Gasteiger partial charge < -0.3 is 18.5 Å². The molecule has 5 aromatic carbocycles. The number of benzene rings is 5. The van der Waals surface area contributed by atoms with Crippen molar-refractivity contribution in [1.82, 2.24) is 29.5 Å². The first-order valence-electron chi connectivity index (χ1n) is 17.9. The standard InChI is InChI=1S/C44H31N8O5P/c1-51-35-24-47-33-20-37(54-3)39(18-31(33)41(35)43(49-51)28-14-10-26(22-45)11-15-28)56-58(53,30-8-6-5-7-9-30)57-40-19-32-34(21-38(40)55-4)48-25-36-42(32)44(50-52(36)2)29-16-12-27(23-46)13-17-29/h5-21,24-25H,1-4H3. The summed E-state index contributed by atoms with van der Waals surface area (Å²) in [6.07, 6.45) is 3.48. The van der Waals surface area contributed by atoms with Gasteiger partial charge in [0, 0.05) is 58.9 Å². The quantitative estimate of drug-likeness (QED) is 0.129. The van der Waals surface area contributed by atoms with Crippen LogP contribution < -0.4 is 23.8 Å². The van der Waals surface area contributed by atoms with Gasteiger partial charge in [0.1, 0.15) is 11.4 Å². The van der Waals surface area contributed by atoms with Crippen LogP contribution in [0.4, 0.5) is 0 Å². The van der Waals surface area contributed by atoms with Gasteiger partial charge in [-0.3, -0.25) is 19.3 Å². The highest BCUT2D eigenvalue weighted by Gasteiger charge is 2.34. The molecule has 0 fully saturated rings. The molecule has 4 aromatic heterocycles. The van der Waals surface area contributed by atoms with Crippen LogP contribution in [0.25, 0.3) is 66.1 Å². The minimum atomic E-state index is -4.32. The maximum Gasteiger partial charge on any atom is 0.463 e. The van der Waals surface area contributed by atoms with Gasteiger partial charge >= 0.3 is 7.60 Å². The van der Waals surface area contributed by atoms with Gasteiger partial charge in [0.2, 0.25) is 0 Å². The normalized spacial score (nSPS) is 11.5. The van der Waals surface area contributed by atoms with Crippen LogP contribution in [0.2, 0.25) is 0 Å². The van der Waals surface area contributed by atoms with E-state index < -0.39 is 7.60 Å². The van der Waals surface area contributed by atoms with E-state index in [0.717, 1.165) is 32.9 Å². The van der Waals surface area contributed by atoms with Gasteiger partial charge in [-0.15, -0.1) is 0 Å². The molecule has 0 aliphatic carbocycles. The number of hydrogen-bond donors (Lipinski definition) is 0. The van der Waals surface area contributed by atoms with Crippen molar-refractivity contribution in [2.45, 2.75) is 0 Å². The van der Waals surface area contributed by atoms with Crippen molar-refractivity contribution in [3.05, 3.63) is 127 Å². The SMILES string of the molecule is COc1cc2ncc3c(c(-c4ccc(C#N)cc4)nn3C)c2cc1OP(=O)(Oc1cc2c(cc1OC)ncc1c2c(-c2ccc(C#N)cc2)nn1C)c1ccccc1. The van der Waals surface area contributed by atoms with Crippen molar-refractivity contribution in [3.63, 3.8) is 0 Å². The van der Waals surface area contributed by atoms with Gasteiger partial charge in [-0.25, -0.2) is 4.57 Å². The molecular weight excluding hydrogens is 752 g/mol. The highest BCUT2D eigenvalue weighted by molar-refractivity contribution is 7.63. The second kappa shape index (κ2) is 14.1. The van der Waals surface area contributed by atoms with Crippen LogP contribution in [0.5, 0.6) is 23.0 Å². The summed E-state index contributed by atoms with van der Waals surface area (Å²) in [5, 5.41) is 31.6. The molecule has 9 aromatic rings. The van der Waals surface area contributed by atoms with E-state index in [4.69, 9.17) is 38.7 Å². The van der Waals surface area contributed by atoms with Gasteiger partial charge in [0.25, 0.3) is 0 Å². The summed E-state index contributed by atoms with van der Waals surface area (Å²) in [7, 11) is 2.34. The first-order chi connectivity index (χ1) is 28.2. The highest BCUT2D eigenvalue weighted by Crippen LogP contribution is 2.53. The van der Waals surface area contributed by atoms with Gasteiger partial charge in [-0.05, 0) is 48.5 Å². The molecule has 0 unspecified atom stereocenters. The lowest BCUT2D eigenvalue weighted by atomic mass is 10.0. The molecule has 0 bridgehead atoms. The topological polar surface area (TPSA) is 163 Å². The molecule has 14 heteroatoms. The van der Waals surface area contributed by atoms with Crippen molar-refractivity contribution >= 4 is 56.5 Å². The number of nitrogens with zero attached hydrogens (tertiary/aromatic N) is 8. The lowest BCUT2D eigenvalue weighted by molar-refractivity contribution is 0.354. The zero-order chi connectivity index (χ0) is 40.1. The van der Waals surface area contributed by atoms with Crippen molar-refractivity contribution in [2.75, 3.05) is 14.2 Å². The van der Waals surface area contributed by atoms with Gasteiger partial charge in [-0.2, -0.15) is 20.7 Å². The Morgan fingerprint density at radius 2 is 1.02 bits per heavy atom. The van der Waals surface area contributed by atoms with Gasteiger partial charge in [0.05, 0.1) is 77.2 Å². The fourth-order valence-electron chi connectivity index (χ4n) is 7.14. The summed E-state index contributed by atoms with van der Waals surface area (Å²) in [4.78, 5) is 9.42. The molecule has 13 nitrogen and oxygen atoms in total. The van der Waals surface area contributed by atoms with E-state index in [1.807, 2.05) is 44.4 Å². The largest absolute Gasteiger partial charge is 0.493 e. The Hall–Kier alpha value is -7.73. The predicted molar refractivity (Wildman–Crippen MR) is 220 cm³/mol. The summed E-state index contributed by atoms with van der Waals surface area (Å²) in [6.45, 7) is 0. The molecule has 0 N–H and O–H groups in total. The Balaban J connectivity index is 1.22. The molecule has 0 aliphatic heterocycles. The Bertz CT molecular complexity index is 3030. The number of ether oxygens (including phenoxy) is 2. The number of rotatable bonds is 9. The summed E-state index contributed by atoms with van der Waals surface area (Å²) >= 11 is 0. The molecule has 0 saturated carbocycles. The van der Waals surface area contributed by atoms with Crippen LogP contribution >= 0.6 is 7.60 Å². The molecule has 0 atom stereocenters. The maximum absolute atomic E-state index is 15.5. The minimum absolute atomic E-state index is 0.144. The molecule has 0 aliphatic rings. The van der Waals surface area contributed by atoms with Gasteiger partial charge in [-0.1, -0.05) is 42.5 Å². The average Bonchev–Trinajstić information content (AvgIpc) is 3.79. The first-order valence-corrected chi connectivity index (χ1v) is 19.5. The van der Waals surface area contributed by atoms with Crippen LogP contribution in [0.1, 0.15) is 11.1 Å². The van der Waals surface area contributed by atoms with E-state index >= 15 is 4.57 Å². The summed E-state index contributed by atoms with van der Waals surface area (Å²) in [6, 6.07) is 34.3. The van der Waals surface area contributed by atoms with E-state index in [1.54, 1.807) is 94.6 Å². The zero-order valence-corrected chi connectivity index (χ0v) is 32.4. The van der Waals surface area contributed by atoms with Crippen LogP contribution in [0.3, 0.4) is 0 Å². The molecule has 58 heavy (non-hydrogen) atoms. The number of pyridine rings is 2. The number of nitriles is 2. The Morgan fingerprint density at radius 1 is 0.586 bits per heavy atom. The van der Waals surface area contributed by atoms with Crippen LogP contribution in [-0.4, -0.2) is 43.7 Å². The Labute approximate surface area is 331 Å². The van der Waals surface area contributed by atoms with E-state index in [9.17, 15) is 10.5 Å². The molecule has 0 spiro atoms. The highest BCUT2D eigenvalue weighted by atomic mass is 31.2. The lowest BCUT2D eigenvalue weighted by Crippen LogP contribution is -2.15. The van der Waals surface area contributed by atoms with Crippen LogP contribution in [-0.2, 0) is 18.7 Å². The molecule has 9 rings (SSSR count). The summed E-state index contributed by atoms with van der Waals surface area (Å²) < 4.78 is 43.8. The smallest absolute Gasteiger partial charge is 0.463 e. The third-order valence-electron chi connectivity index (χ3n) is 10.0. The number of methoxy groups -OCH3 is 2. The van der Waals surface area contributed by atoms with Crippen LogP contribution in [0.15, 0.2) is 116 Å². The Morgan fingerprint density at radius 3 is 1.41 bits per heavy atom. The number of aromatic nitrogens is 6. The lowest BCUT2D eigenvalue weighted by Gasteiger charge is -2.23. The third kappa shape index (κ3) is 5.98. The first kappa shape index (κ1) is 35.9. The number of hydrogen-bond acceptors (Lipinski definition) is 11. The van der Waals surface area contributed by atoms with E-state index in [1.165, 1.54) is 14.2 Å². The summed E-state index contributed by atoms with van der Waals surface area (Å²) in [5.74, 6) is 0.846. The molecule has 0 saturated heterocycles. The minimum Gasteiger partial charge on any atom is -0.493 e. The molecule has 0 amide bonds. The maximum atomic E-state index is 15.5. The van der Waals surface area contributed by atoms with Crippen molar-refractivity contribution in [3.8, 4) is 57.7 Å². The molecule has 0 radical (unpaired) electrons. The second-order valence-corrected chi connectivity index (χ2v) is 15.3. The van der Waals surface area contributed by atoms with Gasteiger partial charge in [0.15, 0.2) is 23.0 Å². The second-order valence-electron chi connectivity index (χ2n) is 13.4. The summed E-state index contributed by atoms with van der Waals surface area (Å²) in [5.41, 5.74) is 6.70. The fraction of sp³-hybridized carbons (Fsp3) is 0.0909. The van der Waals surface area contributed by atoms with Crippen molar-refractivity contribution < 1.29 is 23.1 Å². The average molecular weight is 783 g/mol. The predicted octanol–water partition coefficient (Wildman–Crippen LogP) is 8.63. The third-order valence-corrected chi connectivity index (χ3v) is 11.8. The van der Waals surface area contributed by atoms with E-state index in [-0.39, 0.29) is 28.3 Å². The van der Waals surface area contributed by atoms with E-state index in [0.29, 0.717) is 44.3 Å². The fourth-order valence-corrected chi connectivity index (χ4v) is 8.73.